The highest BCUT2D eigenvalue weighted by Gasteiger charge is 2.37. The van der Waals surface area contributed by atoms with E-state index in [1.807, 2.05) is 0 Å². The number of hydrogen-bond donors (Lipinski definition) is 2. The van der Waals surface area contributed by atoms with Gasteiger partial charge in [-0.2, -0.15) is 0 Å². The molecule has 1 saturated carbocycles. The van der Waals surface area contributed by atoms with E-state index in [0.717, 1.165) is 25.7 Å². The molecule has 2 N–H and O–H groups in total. The number of anilines is 1. The number of fused-ring (bicyclic) bond motifs is 1. The summed E-state index contributed by atoms with van der Waals surface area (Å²) < 4.78 is 27.4. The monoisotopic (exact) mass is 380 g/mol. The molecule has 1 atom stereocenters. The maximum atomic E-state index is 12.6. The number of nitrogens with zero attached hydrogens (tertiary/aromatic N) is 1. The van der Waals surface area contributed by atoms with E-state index in [2.05, 4.69) is 11.6 Å². The summed E-state index contributed by atoms with van der Waals surface area (Å²) >= 11 is 0. The van der Waals surface area contributed by atoms with Crippen LogP contribution in [0.3, 0.4) is 0 Å². The minimum atomic E-state index is -3.76. The van der Waals surface area contributed by atoms with Crippen LogP contribution in [0.2, 0.25) is 0 Å². The van der Waals surface area contributed by atoms with Gasteiger partial charge in [-0.3, -0.25) is 9.59 Å². The van der Waals surface area contributed by atoms with Crippen molar-refractivity contribution in [3.05, 3.63) is 29.8 Å². The number of carbonyl (C=O) groups is 2. The topological polar surface area (TPSA) is 104 Å². The fraction of sp³-hybridized carbons (Fsp3) is 0.556. The first-order valence-corrected chi connectivity index (χ1v) is 10.5. The molecule has 0 bridgehead atoms. The molecule has 3 rings (SSSR count). The molecule has 1 amide bonds. The van der Waals surface area contributed by atoms with Crippen LogP contribution in [0.25, 0.3) is 0 Å². The van der Waals surface area contributed by atoms with Crippen LogP contribution in [0.15, 0.2) is 24.3 Å². The van der Waals surface area contributed by atoms with E-state index in [9.17, 15) is 23.1 Å². The number of carbonyl (C=O) groups excluding carboxylic acids is 1. The first kappa shape index (κ1) is 18.8. The Morgan fingerprint density at radius 2 is 1.85 bits per heavy atom. The molecule has 2 aliphatic rings. The zero-order valence-corrected chi connectivity index (χ0v) is 15.5. The highest BCUT2D eigenvalue weighted by molar-refractivity contribution is 7.90. The van der Waals surface area contributed by atoms with Gasteiger partial charge in [-0.25, -0.2) is 13.1 Å². The molecule has 0 saturated heterocycles. The molecule has 0 radical (unpaired) electrons. The quantitative estimate of drug-likeness (QED) is 0.809. The van der Waals surface area contributed by atoms with Crippen LogP contribution in [0, 0.1) is 5.92 Å². The SMILES string of the molecule is CC1CCC(NS(=O)(=O)CC(=O)N2CC(C(=O)O)c3ccccc32)CC1. The number of amides is 1. The minimum absolute atomic E-state index is 0.0377. The fourth-order valence-corrected chi connectivity index (χ4v) is 5.08. The van der Waals surface area contributed by atoms with Gasteiger partial charge in [0.1, 0.15) is 11.7 Å². The molecule has 142 valence electrons. The van der Waals surface area contributed by atoms with Gasteiger partial charge in [0.25, 0.3) is 0 Å². The van der Waals surface area contributed by atoms with Crippen LogP contribution in [0.5, 0.6) is 0 Å². The van der Waals surface area contributed by atoms with Crippen LogP contribution in [-0.4, -0.2) is 43.7 Å². The Hall–Kier alpha value is -1.93. The highest BCUT2D eigenvalue weighted by Crippen LogP contribution is 2.36. The van der Waals surface area contributed by atoms with Gasteiger partial charge in [-0.1, -0.05) is 25.1 Å². The Morgan fingerprint density at radius 1 is 1.19 bits per heavy atom. The molecular weight excluding hydrogens is 356 g/mol. The number of sulfonamides is 1. The van der Waals surface area contributed by atoms with Crippen molar-refractivity contribution in [1.29, 1.82) is 0 Å². The van der Waals surface area contributed by atoms with Gasteiger partial charge in [0.15, 0.2) is 0 Å². The number of carboxylic acids is 1. The normalized spacial score (nSPS) is 25.7. The summed E-state index contributed by atoms with van der Waals surface area (Å²) in [4.78, 5) is 25.3. The van der Waals surface area contributed by atoms with E-state index < -0.39 is 33.6 Å². The van der Waals surface area contributed by atoms with E-state index in [-0.39, 0.29) is 12.6 Å². The van der Waals surface area contributed by atoms with Gasteiger partial charge >= 0.3 is 5.97 Å². The van der Waals surface area contributed by atoms with Crippen LogP contribution >= 0.6 is 0 Å². The molecule has 7 nitrogen and oxygen atoms in total. The van der Waals surface area contributed by atoms with Crippen LogP contribution in [0.4, 0.5) is 5.69 Å². The van der Waals surface area contributed by atoms with Crippen molar-refractivity contribution >= 4 is 27.6 Å². The van der Waals surface area contributed by atoms with Crippen molar-refractivity contribution in [1.82, 2.24) is 4.72 Å². The lowest BCUT2D eigenvalue weighted by atomic mass is 9.88. The van der Waals surface area contributed by atoms with E-state index in [0.29, 0.717) is 17.2 Å². The second-order valence-corrected chi connectivity index (χ2v) is 9.04. The predicted octanol–water partition coefficient (Wildman–Crippen LogP) is 1.70. The maximum absolute atomic E-state index is 12.6. The molecule has 1 aliphatic heterocycles. The third kappa shape index (κ3) is 4.07. The summed E-state index contributed by atoms with van der Waals surface area (Å²) in [7, 11) is -3.76. The smallest absolute Gasteiger partial charge is 0.312 e. The van der Waals surface area contributed by atoms with Crippen molar-refractivity contribution in [3.8, 4) is 0 Å². The van der Waals surface area contributed by atoms with E-state index in [4.69, 9.17) is 0 Å². The molecule has 1 unspecified atom stereocenters. The zero-order valence-electron chi connectivity index (χ0n) is 14.7. The van der Waals surface area contributed by atoms with Crippen LogP contribution in [0.1, 0.15) is 44.1 Å². The third-order valence-electron chi connectivity index (χ3n) is 5.24. The van der Waals surface area contributed by atoms with Gasteiger partial charge in [-0.15, -0.1) is 0 Å². The lowest BCUT2D eigenvalue weighted by molar-refractivity contribution is -0.138. The summed E-state index contributed by atoms with van der Waals surface area (Å²) in [5, 5.41) is 9.36. The van der Waals surface area contributed by atoms with Crippen molar-refractivity contribution in [2.24, 2.45) is 5.92 Å². The predicted molar refractivity (Wildman–Crippen MR) is 97.5 cm³/mol. The zero-order chi connectivity index (χ0) is 18.9. The van der Waals surface area contributed by atoms with Gasteiger partial charge in [0.2, 0.25) is 15.9 Å². The molecule has 1 aliphatic carbocycles. The molecule has 8 heteroatoms. The fourth-order valence-electron chi connectivity index (χ4n) is 3.77. The Morgan fingerprint density at radius 3 is 2.50 bits per heavy atom. The number of benzene rings is 1. The van der Waals surface area contributed by atoms with Crippen LogP contribution < -0.4 is 9.62 Å². The molecule has 1 heterocycles. The maximum Gasteiger partial charge on any atom is 0.312 e. The summed E-state index contributed by atoms with van der Waals surface area (Å²) in [5.41, 5.74) is 1.02. The second-order valence-electron chi connectivity index (χ2n) is 7.29. The first-order valence-electron chi connectivity index (χ1n) is 8.89. The number of hydrogen-bond acceptors (Lipinski definition) is 4. The largest absolute Gasteiger partial charge is 0.481 e. The van der Waals surface area contributed by atoms with E-state index in [1.54, 1.807) is 24.3 Å². The Bertz CT molecular complexity index is 800. The number of aliphatic carboxylic acids is 1. The average Bonchev–Trinajstić information content (AvgIpc) is 2.96. The number of rotatable bonds is 5. The Kier molecular flexibility index (Phi) is 5.34. The van der Waals surface area contributed by atoms with Crippen molar-refractivity contribution in [2.45, 2.75) is 44.6 Å². The van der Waals surface area contributed by atoms with Crippen molar-refractivity contribution in [3.63, 3.8) is 0 Å². The van der Waals surface area contributed by atoms with Gasteiger partial charge in [0, 0.05) is 18.3 Å². The molecule has 1 fully saturated rings. The lowest BCUT2D eigenvalue weighted by Crippen LogP contribution is -2.43. The molecular formula is C18H24N2O5S. The summed E-state index contributed by atoms with van der Waals surface area (Å²) in [5.74, 6) is -2.51. The van der Waals surface area contributed by atoms with Gasteiger partial charge < -0.3 is 10.0 Å². The molecule has 26 heavy (non-hydrogen) atoms. The molecule has 0 spiro atoms. The van der Waals surface area contributed by atoms with Crippen LogP contribution in [-0.2, 0) is 19.6 Å². The standard InChI is InChI=1S/C18H24N2O5S/c1-12-6-8-13(9-7-12)19-26(24,25)11-17(21)20-10-15(18(22)23)14-4-2-3-5-16(14)20/h2-5,12-13,15,19H,6-11H2,1H3,(H,22,23). The Labute approximate surface area is 153 Å². The third-order valence-corrected chi connectivity index (χ3v) is 6.56. The van der Waals surface area contributed by atoms with E-state index in [1.165, 1.54) is 4.90 Å². The molecule has 1 aromatic rings. The average molecular weight is 380 g/mol. The second kappa shape index (κ2) is 7.36. The van der Waals surface area contributed by atoms with E-state index >= 15 is 0 Å². The number of nitrogens with one attached hydrogen (secondary N) is 1. The summed E-state index contributed by atoms with van der Waals surface area (Å²) in [6.45, 7) is 2.11. The summed E-state index contributed by atoms with van der Waals surface area (Å²) in [6.07, 6.45) is 3.51. The van der Waals surface area contributed by atoms with Crippen molar-refractivity contribution in [2.75, 3.05) is 17.2 Å². The Balaban J connectivity index is 1.69. The van der Waals surface area contributed by atoms with Gasteiger partial charge in [0.05, 0.1) is 0 Å². The van der Waals surface area contributed by atoms with Crippen molar-refractivity contribution < 1.29 is 23.1 Å². The minimum Gasteiger partial charge on any atom is -0.481 e. The first-order chi connectivity index (χ1) is 12.3. The molecule has 1 aromatic carbocycles. The number of para-hydroxylation sites is 1. The summed E-state index contributed by atoms with van der Waals surface area (Å²) in [6, 6.07) is 6.61. The lowest BCUT2D eigenvalue weighted by Gasteiger charge is -2.27. The molecule has 0 aromatic heterocycles. The van der Waals surface area contributed by atoms with Gasteiger partial charge in [-0.05, 0) is 43.2 Å². The number of carboxylic acid groups (broad SMARTS) is 1. The highest BCUT2D eigenvalue weighted by atomic mass is 32.2.